The van der Waals surface area contributed by atoms with Gasteiger partial charge in [0.05, 0.1) is 0 Å². The van der Waals surface area contributed by atoms with Crippen molar-refractivity contribution in [3.8, 4) is 23.7 Å². The van der Waals surface area contributed by atoms with Gasteiger partial charge >= 0.3 is 0 Å². The van der Waals surface area contributed by atoms with Gasteiger partial charge in [0.2, 0.25) is 0 Å². The van der Waals surface area contributed by atoms with Crippen LogP contribution in [0, 0.1) is 37.0 Å². The largest absolute Gasteiger partial charge is 0.507 e. The van der Waals surface area contributed by atoms with E-state index in [1.54, 1.807) is 32.0 Å². The Morgan fingerprint density at radius 2 is 1.77 bits per heavy atom. The molecule has 0 aliphatic rings. The van der Waals surface area contributed by atoms with Crippen LogP contribution < -0.4 is 0 Å². The van der Waals surface area contributed by atoms with E-state index in [2.05, 4.69) is 11.8 Å². The molecular formula is C11H9NO. The van der Waals surface area contributed by atoms with E-state index < -0.39 is 0 Å². The molecule has 0 atom stereocenters. The van der Waals surface area contributed by atoms with Crippen LogP contribution in [-0.2, 0) is 0 Å². The summed E-state index contributed by atoms with van der Waals surface area (Å²) in [6.07, 6.45) is 0. The number of hydrogen-bond donors (Lipinski definition) is 1. The molecule has 0 saturated heterocycles. The zero-order valence-electron chi connectivity index (χ0n) is 7.55. The topological polar surface area (TPSA) is 44.0 Å². The first kappa shape index (κ1) is 9.16. The number of nitriles is 1. The second-order valence-electron chi connectivity index (χ2n) is 2.82. The minimum absolute atomic E-state index is 0.294. The minimum Gasteiger partial charge on any atom is -0.507 e. The van der Waals surface area contributed by atoms with Gasteiger partial charge in [0.1, 0.15) is 5.75 Å². The Hall–Kier alpha value is -1.93. The third kappa shape index (κ3) is 2.01. The minimum atomic E-state index is 0.294. The van der Waals surface area contributed by atoms with Crippen molar-refractivity contribution in [2.45, 2.75) is 13.8 Å². The zero-order chi connectivity index (χ0) is 9.84. The molecule has 13 heavy (non-hydrogen) atoms. The van der Waals surface area contributed by atoms with Gasteiger partial charge in [0.25, 0.3) is 0 Å². The SMILES string of the molecule is Cc1cc(C#CC#N)cc(C)c1O. The smallest absolute Gasteiger partial charge is 0.152 e. The highest BCUT2D eigenvalue weighted by molar-refractivity contribution is 5.48. The molecule has 2 nitrogen and oxygen atoms in total. The van der Waals surface area contributed by atoms with Crippen LogP contribution in [0.5, 0.6) is 5.75 Å². The van der Waals surface area contributed by atoms with E-state index in [0.29, 0.717) is 5.75 Å². The van der Waals surface area contributed by atoms with Crippen molar-refractivity contribution >= 4 is 0 Å². The first-order valence-corrected chi connectivity index (χ1v) is 3.85. The van der Waals surface area contributed by atoms with E-state index in [1.165, 1.54) is 0 Å². The first-order chi connectivity index (χ1) is 6.15. The lowest BCUT2D eigenvalue weighted by atomic mass is 10.1. The molecule has 0 amide bonds. The summed E-state index contributed by atoms with van der Waals surface area (Å²) in [4.78, 5) is 0. The molecule has 2 heteroatoms. The highest BCUT2D eigenvalue weighted by atomic mass is 16.3. The van der Waals surface area contributed by atoms with E-state index >= 15 is 0 Å². The second kappa shape index (κ2) is 3.65. The second-order valence-corrected chi connectivity index (χ2v) is 2.82. The third-order valence-electron chi connectivity index (χ3n) is 1.75. The number of phenolic OH excluding ortho intramolecular Hbond substituents is 1. The monoisotopic (exact) mass is 171 g/mol. The fraction of sp³-hybridized carbons (Fsp3) is 0.182. The van der Waals surface area contributed by atoms with Crippen LogP contribution in [0.25, 0.3) is 0 Å². The molecule has 0 spiro atoms. The fourth-order valence-corrected chi connectivity index (χ4v) is 1.13. The summed E-state index contributed by atoms with van der Waals surface area (Å²) in [5, 5.41) is 17.7. The van der Waals surface area contributed by atoms with Crippen LogP contribution in [0.3, 0.4) is 0 Å². The molecule has 1 N–H and O–H groups in total. The number of rotatable bonds is 0. The molecule has 1 aromatic rings. The predicted octanol–water partition coefficient (Wildman–Crippen LogP) is 1.88. The van der Waals surface area contributed by atoms with Gasteiger partial charge in [-0.25, -0.2) is 0 Å². The van der Waals surface area contributed by atoms with Gasteiger partial charge in [0, 0.05) is 11.5 Å². The van der Waals surface area contributed by atoms with Crippen LogP contribution in [0.15, 0.2) is 12.1 Å². The molecule has 0 aromatic heterocycles. The highest BCUT2D eigenvalue weighted by Crippen LogP contribution is 2.22. The van der Waals surface area contributed by atoms with Crippen molar-refractivity contribution in [1.29, 1.82) is 5.26 Å². The molecule has 0 fully saturated rings. The highest BCUT2D eigenvalue weighted by Gasteiger charge is 2.00. The molecule has 0 bridgehead atoms. The lowest BCUT2D eigenvalue weighted by Gasteiger charge is -2.02. The van der Waals surface area contributed by atoms with Crippen molar-refractivity contribution in [2.24, 2.45) is 0 Å². The molecule has 0 heterocycles. The average Bonchev–Trinajstić information content (AvgIpc) is 2.10. The van der Waals surface area contributed by atoms with Gasteiger partial charge in [-0.1, -0.05) is 5.92 Å². The normalized spacial score (nSPS) is 8.38. The summed E-state index contributed by atoms with van der Waals surface area (Å²) in [6, 6.07) is 5.26. The molecule has 0 aliphatic carbocycles. The lowest BCUT2D eigenvalue weighted by molar-refractivity contribution is 0.467. The van der Waals surface area contributed by atoms with Gasteiger partial charge in [0.15, 0.2) is 6.07 Å². The Morgan fingerprint density at radius 1 is 1.23 bits per heavy atom. The maximum atomic E-state index is 9.44. The Labute approximate surface area is 77.4 Å². The van der Waals surface area contributed by atoms with Gasteiger partial charge in [-0.2, -0.15) is 5.26 Å². The summed E-state index contributed by atoms with van der Waals surface area (Å²) in [5.74, 6) is 5.29. The lowest BCUT2D eigenvalue weighted by Crippen LogP contribution is -1.83. The van der Waals surface area contributed by atoms with E-state index in [-0.39, 0.29) is 0 Å². The number of phenols is 1. The third-order valence-corrected chi connectivity index (χ3v) is 1.75. The van der Waals surface area contributed by atoms with E-state index in [0.717, 1.165) is 16.7 Å². The average molecular weight is 171 g/mol. The first-order valence-electron chi connectivity index (χ1n) is 3.85. The van der Waals surface area contributed by atoms with Crippen LogP contribution in [0.2, 0.25) is 0 Å². The zero-order valence-corrected chi connectivity index (χ0v) is 7.55. The van der Waals surface area contributed by atoms with Crippen molar-refractivity contribution in [3.05, 3.63) is 28.8 Å². The van der Waals surface area contributed by atoms with Crippen LogP contribution in [0.1, 0.15) is 16.7 Å². The van der Waals surface area contributed by atoms with Crippen molar-refractivity contribution in [2.75, 3.05) is 0 Å². The van der Waals surface area contributed by atoms with Gasteiger partial charge in [-0.15, -0.1) is 0 Å². The number of aryl methyl sites for hydroxylation is 2. The quantitative estimate of drug-likeness (QED) is 0.606. The summed E-state index contributed by atoms with van der Waals surface area (Å²) >= 11 is 0. The van der Waals surface area contributed by atoms with Gasteiger partial charge in [-0.05, 0) is 37.1 Å². The van der Waals surface area contributed by atoms with E-state index in [9.17, 15) is 5.11 Å². The molecule has 0 radical (unpaired) electrons. The van der Waals surface area contributed by atoms with E-state index in [4.69, 9.17) is 5.26 Å². The van der Waals surface area contributed by atoms with E-state index in [1.807, 2.05) is 0 Å². The molecular weight excluding hydrogens is 162 g/mol. The van der Waals surface area contributed by atoms with Crippen molar-refractivity contribution in [1.82, 2.24) is 0 Å². The predicted molar refractivity (Wildman–Crippen MR) is 50.1 cm³/mol. The molecule has 1 aromatic carbocycles. The number of nitrogens with zero attached hydrogens (tertiary/aromatic N) is 1. The molecule has 0 unspecified atom stereocenters. The van der Waals surface area contributed by atoms with Crippen molar-refractivity contribution < 1.29 is 5.11 Å². The Bertz CT molecular complexity index is 407. The molecule has 0 aliphatic heterocycles. The molecule has 64 valence electrons. The Balaban J connectivity index is 3.23. The maximum absolute atomic E-state index is 9.44. The summed E-state index contributed by atoms with van der Waals surface area (Å²) in [5.41, 5.74) is 2.32. The van der Waals surface area contributed by atoms with Crippen LogP contribution in [-0.4, -0.2) is 5.11 Å². The summed E-state index contributed by atoms with van der Waals surface area (Å²) in [6.45, 7) is 3.61. The maximum Gasteiger partial charge on any atom is 0.152 e. The number of benzene rings is 1. The van der Waals surface area contributed by atoms with Gasteiger partial charge in [-0.3, -0.25) is 0 Å². The number of aromatic hydroxyl groups is 1. The standard InChI is InChI=1S/C11H9NO/c1-8-6-10(4-3-5-12)7-9(2)11(8)13/h6-7,13H,1-2H3. The Kier molecular flexibility index (Phi) is 2.57. The number of hydrogen-bond acceptors (Lipinski definition) is 2. The Morgan fingerprint density at radius 3 is 2.23 bits per heavy atom. The summed E-state index contributed by atoms with van der Waals surface area (Å²) < 4.78 is 0. The van der Waals surface area contributed by atoms with Crippen molar-refractivity contribution in [3.63, 3.8) is 0 Å². The van der Waals surface area contributed by atoms with Crippen LogP contribution >= 0.6 is 0 Å². The van der Waals surface area contributed by atoms with Crippen LogP contribution in [0.4, 0.5) is 0 Å². The van der Waals surface area contributed by atoms with Gasteiger partial charge < -0.3 is 5.11 Å². The molecule has 0 saturated carbocycles. The summed E-state index contributed by atoms with van der Waals surface area (Å²) in [7, 11) is 0. The molecule has 1 rings (SSSR count). The fourth-order valence-electron chi connectivity index (χ4n) is 1.13.